The molecule has 2 nitrogen and oxygen atoms in total. The molecule has 0 aromatic carbocycles. The molecule has 0 bridgehead atoms. The summed E-state index contributed by atoms with van der Waals surface area (Å²) in [6, 6.07) is 0. The molecule has 0 N–H and O–H groups in total. The number of hydrogen-bond acceptors (Lipinski definition) is 2. The van der Waals surface area contributed by atoms with Crippen LogP contribution in [-0.4, -0.2) is 25.9 Å². The van der Waals surface area contributed by atoms with Gasteiger partial charge in [0.05, 0.1) is 6.10 Å². The third kappa shape index (κ3) is 3.91. The molecular weight excluding hydrogens is 200 g/mol. The molecule has 3 atom stereocenters. The van der Waals surface area contributed by atoms with Crippen LogP contribution in [0.5, 0.6) is 0 Å². The lowest BCUT2D eigenvalue weighted by atomic mass is 9.80. The van der Waals surface area contributed by atoms with E-state index in [0.717, 1.165) is 26.2 Å². The van der Waals surface area contributed by atoms with Crippen LogP contribution >= 0.6 is 0 Å². The molecule has 0 radical (unpaired) electrons. The Morgan fingerprint density at radius 3 is 2.75 bits per heavy atom. The van der Waals surface area contributed by atoms with Gasteiger partial charge in [-0.25, -0.2) is 0 Å². The fourth-order valence-corrected chi connectivity index (χ4v) is 2.33. The fraction of sp³-hybridized carbons (Fsp3) is 0.857. The van der Waals surface area contributed by atoms with Crippen molar-refractivity contribution in [2.24, 2.45) is 11.8 Å². The zero-order valence-corrected chi connectivity index (χ0v) is 11.2. The summed E-state index contributed by atoms with van der Waals surface area (Å²) in [5.41, 5.74) is 1.40. The topological polar surface area (TPSA) is 18.5 Å². The standard InChI is InChI=1S/C14H26O2/c1-5-15-10-12(4)13-8-7-11(3)14(9-13)16-6-2/h7,12-14H,5-6,8-10H2,1-4H3. The highest BCUT2D eigenvalue weighted by Gasteiger charge is 2.26. The highest BCUT2D eigenvalue weighted by atomic mass is 16.5. The Morgan fingerprint density at radius 1 is 1.38 bits per heavy atom. The predicted octanol–water partition coefficient (Wildman–Crippen LogP) is 3.42. The zero-order valence-electron chi connectivity index (χ0n) is 11.2. The minimum absolute atomic E-state index is 0.341. The maximum absolute atomic E-state index is 5.77. The summed E-state index contributed by atoms with van der Waals surface area (Å²) < 4.78 is 11.3. The maximum atomic E-state index is 5.77. The third-order valence-electron chi connectivity index (χ3n) is 3.52. The van der Waals surface area contributed by atoms with Gasteiger partial charge in [0, 0.05) is 19.8 Å². The Bertz CT molecular complexity index is 223. The second-order valence-electron chi connectivity index (χ2n) is 4.76. The van der Waals surface area contributed by atoms with Crippen molar-refractivity contribution in [3.8, 4) is 0 Å². The van der Waals surface area contributed by atoms with E-state index < -0.39 is 0 Å². The van der Waals surface area contributed by atoms with Crippen LogP contribution in [0.1, 0.15) is 40.5 Å². The van der Waals surface area contributed by atoms with E-state index in [1.807, 2.05) is 0 Å². The van der Waals surface area contributed by atoms with Crippen molar-refractivity contribution in [2.45, 2.75) is 46.6 Å². The van der Waals surface area contributed by atoms with Gasteiger partial charge in [-0.1, -0.05) is 13.0 Å². The van der Waals surface area contributed by atoms with Crippen molar-refractivity contribution in [3.63, 3.8) is 0 Å². The summed E-state index contributed by atoms with van der Waals surface area (Å²) in [7, 11) is 0. The predicted molar refractivity (Wildman–Crippen MR) is 67.6 cm³/mol. The van der Waals surface area contributed by atoms with Crippen molar-refractivity contribution >= 4 is 0 Å². The molecule has 0 fully saturated rings. The average molecular weight is 226 g/mol. The first-order chi connectivity index (χ1) is 7.69. The molecule has 0 aromatic heterocycles. The van der Waals surface area contributed by atoms with E-state index in [-0.39, 0.29) is 0 Å². The highest BCUT2D eigenvalue weighted by Crippen LogP contribution is 2.31. The molecule has 94 valence electrons. The summed E-state index contributed by atoms with van der Waals surface area (Å²) in [6.45, 7) is 11.1. The van der Waals surface area contributed by atoms with Gasteiger partial charge >= 0.3 is 0 Å². The highest BCUT2D eigenvalue weighted by molar-refractivity contribution is 5.10. The SMILES string of the molecule is CCOCC(C)C1CC=C(C)C(OCC)C1. The van der Waals surface area contributed by atoms with Gasteiger partial charge in [0.2, 0.25) is 0 Å². The van der Waals surface area contributed by atoms with E-state index in [1.54, 1.807) is 0 Å². The molecule has 0 aromatic rings. The van der Waals surface area contributed by atoms with Crippen molar-refractivity contribution in [2.75, 3.05) is 19.8 Å². The first-order valence-electron chi connectivity index (χ1n) is 6.55. The van der Waals surface area contributed by atoms with E-state index in [2.05, 4.69) is 33.8 Å². The Labute approximate surface area is 100 Å². The van der Waals surface area contributed by atoms with Crippen molar-refractivity contribution in [3.05, 3.63) is 11.6 Å². The van der Waals surface area contributed by atoms with E-state index in [0.29, 0.717) is 17.9 Å². The van der Waals surface area contributed by atoms with Crippen LogP contribution in [0.15, 0.2) is 11.6 Å². The summed E-state index contributed by atoms with van der Waals surface area (Å²) in [5.74, 6) is 1.35. The van der Waals surface area contributed by atoms with Crippen molar-refractivity contribution in [1.29, 1.82) is 0 Å². The Morgan fingerprint density at radius 2 is 2.12 bits per heavy atom. The normalized spacial score (nSPS) is 27.6. The summed E-state index contributed by atoms with van der Waals surface area (Å²) in [4.78, 5) is 0. The van der Waals surface area contributed by atoms with Gasteiger partial charge < -0.3 is 9.47 Å². The number of ether oxygens (including phenoxy) is 2. The van der Waals surface area contributed by atoms with Crippen LogP contribution in [0.4, 0.5) is 0 Å². The number of hydrogen-bond donors (Lipinski definition) is 0. The molecular formula is C14H26O2. The molecule has 0 saturated carbocycles. The van der Waals surface area contributed by atoms with E-state index in [9.17, 15) is 0 Å². The second kappa shape index (κ2) is 7.08. The summed E-state index contributed by atoms with van der Waals surface area (Å²) >= 11 is 0. The van der Waals surface area contributed by atoms with Crippen LogP contribution in [0, 0.1) is 11.8 Å². The fourth-order valence-electron chi connectivity index (χ4n) is 2.33. The molecule has 1 rings (SSSR count). The zero-order chi connectivity index (χ0) is 12.0. The maximum Gasteiger partial charge on any atom is 0.0785 e. The molecule has 2 heteroatoms. The van der Waals surface area contributed by atoms with Gasteiger partial charge in [0.25, 0.3) is 0 Å². The second-order valence-corrected chi connectivity index (χ2v) is 4.76. The van der Waals surface area contributed by atoms with Crippen molar-refractivity contribution < 1.29 is 9.47 Å². The molecule has 0 saturated heterocycles. The van der Waals surface area contributed by atoms with Crippen LogP contribution in [0.2, 0.25) is 0 Å². The largest absolute Gasteiger partial charge is 0.381 e. The van der Waals surface area contributed by atoms with E-state index in [1.165, 1.54) is 12.0 Å². The Kier molecular flexibility index (Phi) is 6.07. The van der Waals surface area contributed by atoms with Crippen LogP contribution in [-0.2, 0) is 9.47 Å². The number of rotatable bonds is 6. The molecule has 0 spiro atoms. The third-order valence-corrected chi connectivity index (χ3v) is 3.52. The first kappa shape index (κ1) is 13.7. The molecule has 0 aliphatic heterocycles. The summed E-state index contributed by atoms with van der Waals surface area (Å²) in [5, 5.41) is 0. The lowest BCUT2D eigenvalue weighted by molar-refractivity contribution is 0.0378. The summed E-state index contributed by atoms with van der Waals surface area (Å²) in [6.07, 6.45) is 5.03. The minimum atomic E-state index is 0.341. The van der Waals surface area contributed by atoms with Crippen LogP contribution < -0.4 is 0 Å². The molecule has 0 amide bonds. The van der Waals surface area contributed by atoms with E-state index in [4.69, 9.17) is 9.47 Å². The lowest BCUT2D eigenvalue weighted by Crippen LogP contribution is -2.28. The van der Waals surface area contributed by atoms with Gasteiger partial charge in [-0.15, -0.1) is 0 Å². The van der Waals surface area contributed by atoms with Gasteiger partial charge in [-0.2, -0.15) is 0 Å². The first-order valence-corrected chi connectivity index (χ1v) is 6.55. The monoisotopic (exact) mass is 226 g/mol. The molecule has 1 aliphatic carbocycles. The average Bonchev–Trinajstić information content (AvgIpc) is 2.29. The van der Waals surface area contributed by atoms with Crippen molar-refractivity contribution in [1.82, 2.24) is 0 Å². The molecule has 1 aliphatic rings. The Balaban J connectivity index is 2.45. The van der Waals surface area contributed by atoms with Gasteiger partial charge in [-0.3, -0.25) is 0 Å². The van der Waals surface area contributed by atoms with Gasteiger partial charge in [-0.05, 0) is 51.0 Å². The lowest BCUT2D eigenvalue weighted by Gasteiger charge is -2.32. The molecule has 16 heavy (non-hydrogen) atoms. The smallest absolute Gasteiger partial charge is 0.0785 e. The molecule has 0 heterocycles. The van der Waals surface area contributed by atoms with Crippen LogP contribution in [0.3, 0.4) is 0 Å². The van der Waals surface area contributed by atoms with Crippen LogP contribution in [0.25, 0.3) is 0 Å². The van der Waals surface area contributed by atoms with Gasteiger partial charge in [0.1, 0.15) is 0 Å². The number of allylic oxidation sites excluding steroid dienone is 1. The van der Waals surface area contributed by atoms with Gasteiger partial charge in [0.15, 0.2) is 0 Å². The van der Waals surface area contributed by atoms with E-state index >= 15 is 0 Å². The quantitative estimate of drug-likeness (QED) is 0.646. The molecule has 3 unspecified atom stereocenters. The minimum Gasteiger partial charge on any atom is -0.381 e. The Hall–Kier alpha value is -0.340.